The number of hydrazine groups is 1. The SMILES string of the molecule is CCCC(=O)OCN(C(=O)C(NC(=O)[C@H]1CCCCN1C)[C@@H](C)CC)[C@H](C[C@@H](OC(C)=O)c1nc(C(=O)NC2(C[C@H](C)C(=O)NNC(=O)OCCSSC[C@@H](C)NC(=O)[C@H](CC(=O)O)NC(=O)[C@H](Cc3ccccc3)NC(=O)Cc3ccc(CNC(=O)NCCCC[C@H](NC(=O)N[C@@H](CCC(=O)O)C(=O)O)C(=O)O)cc3)C[C@H]2c2ccc(O)cc2)cs1)C(C)C. The largest absolute Gasteiger partial charge is 0.508 e. The van der Waals surface area contributed by atoms with Gasteiger partial charge in [-0.25, -0.2) is 34.4 Å². The van der Waals surface area contributed by atoms with Crippen molar-refractivity contribution in [1.29, 1.82) is 0 Å². The van der Waals surface area contributed by atoms with Crippen LogP contribution in [0.25, 0.3) is 0 Å². The van der Waals surface area contributed by atoms with E-state index in [9.17, 15) is 92.3 Å². The number of thiazole rings is 1. The highest BCUT2D eigenvalue weighted by molar-refractivity contribution is 8.76. The number of carbonyl (C=O) groups is 16. The molecule has 1 aliphatic carbocycles. The number of aliphatic carboxylic acids is 4. The van der Waals surface area contributed by atoms with Gasteiger partial charge in [0.05, 0.1) is 18.9 Å². The Kier molecular flexibility index (Phi) is 42.5. The number of urea groups is 2. The Labute approximate surface area is 737 Å². The quantitative estimate of drug-likeness (QED) is 0.00575. The van der Waals surface area contributed by atoms with Gasteiger partial charge in [-0.1, -0.05) is 143 Å². The topological polar surface area (TPSA) is 554 Å². The first-order chi connectivity index (χ1) is 59.4. The van der Waals surface area contributed by atoms with Gasteiger partial charge in [0, 0.05) is 92.0 Å². The molecule has 16 N–H and O–H groups in total. The number of phenols is 1. The molecule has 0 spiro atoms. The van der Waals surface area contributed by atoms with Crippen LogP contribution in [0.4, 0.5) is 14.4 Å². The summed E-state index contributed by atoms with van der Waals surface area (Å²) in [6.07, 6.45) is 0.219. The number of phenolic OH excluding ortho intramolecular Hbond substituents is 1. The fraction of sp³-hybridized carbons (Fsp3) is 0.560. The highest BCUT2D eigenvalue weighted by atomic mass is 33.1. The second kappa shape index (κ2) is 51.8. The van der Waals surface area contributed by atoms with Crippen LogP contribution in [0.3, 0.4) is 0 Å². The number of hydrogen-bond donors (Lipinski definition) is 16. The number of aromatic hydroxyl groups is 1. The summed E-state index contributed by atoms with van der Waals surface area (Å²) in [6.45, 7) is 14.1. The number of nitrogens with zero attached hydrogens (tertiary/aromatic N) is 3. The minimum atomic E-state index is -1.57. The summed E-state index contributed by atoms with van der Waals surface area (Å²) < 4.78 is 17.0. The molecule has 1 saturated carbocycles. The number of unbranched alkanes of at least 4 members (excludes halogenated alkanes) is 1. The second-order valence-electron chi connectivity index (χ2n) is 31.5. The van der Waals surface area contributed by atoms with Crippen LogP contribution < -0.4 is 58.7 Å². The molecule has 1 aliphatic heterocycles. The van der Waals surface area contributed by atoms with E-state index in [1.54, 1.807) is 80.6 Å². The molecule has 2 aliphatic rings. The van der Waals surface area contributed by atoms with Crippen LogP contribution in [0.15, 0.2) is 84.2 Å². The standard InChI is InChI=1S/C84H118N14O24S3/c1-10-19-70(106)121-47-98(78(112)71(49(5)11-2)93-76(111)64-23-16-18-35-97(64)9)65(48(3)4)41-66(122-52(8)99)77-90-63(46-123-77)75(110)94-84(43-58(84)56-28-30-57(100)31-29-56)42-50(6)72(107)95-96-83(119)120-36-37-124-125-45-51(7)87-73(108)62(40-69(104)105)89-74(109)61(38-53-20-13-12-14-21-53)88-67(101)39-54-24-26-55(27-25-54)44-86-81(117)85-34-17-15-22-59(79(113)114)91-82(118)92-60(80(115)116)32-33-68(102)103/h12-14,20-21,24-31,46,48-51,58-62,64-66,71,100H,10-11,15-19,22-23,32-45,47H2,1-9H3,(H,87,108)(H,88,101)(H,89,109)(H,93,111)(H,94,110)(H,95,107)(H,96,119)(H,102,103)(H,104,105)(H,113,114)(H,115,116)(H2,85,86,117)(H2,91,92,118)/t49-,50-,51+,58-,59-,60-,61-,62-,64+,65+,66+,71?,84?/m0/s1. The zero-order valence-electron chi connectivity index (χ0n) is 71.6. The molecule has 1 aromatic heterocycles. The number of esters is 2. The fourth-order valence-electron chi connectivity index (χ4n) is 14.0. The van der Waals surface area contributed by atoms with Gasteiger partial charge in [0.25, 0.3) is 5.91 Å². The van der Waals surface area contributed by atoms with Crippen LogP contribution >= 0.6 is 32.9 Å². The first kappa shape index (κ1) is 102. The van der Waals surface area contributed by atoms with E-state index in [0.717, 1.165) is 36.3 Å². The molecule has 41 heteroatoms. The Morgan fingerprint density at radius 1 is 0.688 bits per heavy atom. The number of carbonyl (C=O) groups excluding carboxylic acids is 12. The number of ether oxygens (including phenoxy) is 3. The van der Waals surface area contributed by atoms with E-state index in [1.807, 2.05) is 46.6 Å². The maximum atomic E-state index is 15.1. The molecule has 125 heavy (non-hydrogen) atoms. The number of rotatable bonds is 52. The Balaban J connectivity index is 0.962. The monoisotopic (exact) mass is 1800 g/mol. The average molecular weight is 1800 g/mol. The van der Waals surface area contributed by atoms with Crippen molar-refractivity contribution < 1.29 is 116 Å². The molecule has 2 fully saturated rings. The maximum absolute atomic E-state index is 15.1. The molecule has 1 saturated heterocycles. The number of hydrogen-bond acceptors (Lipinski definition) is 25. The molecule has 3 aromatic carbocycles. The molecule has 38 nitrogen and oxygen atoms in total. The number of benzene rings is 3. The summed E-state index contributed by atoms with van der Waals surface area (Å²) in [6, 6.07) is 11.4. The highest BCUT2D eigenvalue weighted by Crippen LogP contribution is 2.55. The van der Waals surface area contributed by atoms with Crippen molar-refractivity contribution in [3.63, 3.8) is 0 Å². The lowest BCUT2D eigenvalue weighted by atomic mass is 9.92. The summed E-state index contributed by atoms with van der Waals surface area (Å²) in [5.74, 6) is -12.4. The first-order valence-corrected chi connectivity index (χ1v) is 44.9. The molecule has 0 bridgehead atoms. The molecule has 2 heterocycles. The molecule has 13 atom stereocenters. The lowest BCUT2D eigenvalue weighted by Gasteiger charge is -2.39. The number of aromatic nitrogens is 1. The van der Waals surface area contributed by atoms with Gasteiger partial charge in [-0.3, -0.25) is 63.1 Å². The lowest BCUT2D eigenvalue weighted by Crippen LogP contribution is -2.59. The predicted octanol–water partition coefficient (Wildman–Crippen LogP) is 6.31. The molecule has 686 valence electrons. The number of nitrogens with one attached hydrogen (secondary N) is 11. The van der Waals surface area contributed by atoms with Crippen molar-refractivity contribution in [1.82, 2.24) is 73.5 Å². The minimum Gasteiger partial charge on any atom is -0.508 e. The van der Waals surface area contributed by atoms with E-state index >= 15 is 4.79 Å². The minimum absolute atomic E-state index is 0.00924. The highest BCUT2D eigenvalue weighted by Gasteiger charge is 2.57. The number of likely N-dealkylation sites (tertiary alicyclic amines) is 1. The van der Waals surface area contributed by atoms with E-state index in [-0.39, 0.29) is 116 Å². The molecule has 4 aromatic rings. The van der Waals surface area contributed by atoms with E-state index < -0.39 is 181 Å². The third-order valence-electron chi connectivity index (χ3n) is 21.1. The first-order valence-electron chi connectivity index (χ1n) is 41.6. The summed E-state index contributed by atoms with van der Waals surface area (Å²) in [5.41, 5.74) is 6.10. The van der Waals surface area contributed by atoms with E-state index in [4.69, 9.17) is 24.3 Å². The normalized spacial score (nSPS) is 17.1. The van der Waals surface area contributed by atoms with Gasteiger partial charge >= 0.3 is 54.0 Å². The summed E-state index contributed by atoms with van der Waals surface area (Å²) in [7, 11) is 4.43. The van der Waals surface area contributed by atoms with Crippen molar-refractivity contribution in [3.05, 3.63) is 117 Å². The number of carboxylic acid groups (broad SMARTS) is 4. The second-order valence-corrected chi connectivity index (χ2v) is 35.0. The van der Waals surface area contributed by atoms with E-state index in [1.165, 1.54) is 50.9 Å². The van der Waals surface area contributed by atoms with Gasteiger partial charge in [-0.2, -0.15) is 0 Å². The van der Waals surface area contributed by atoms with Crippen LogP contribution in [0.2, 0.25) is 0 Å². The fourth-order valence-corrected chi connectivity index (χ4v) is 16.9. The molecule has 0 radical (unpaired) electrons. The van der Waals surface area contributed by atoms with Gasteiger partial charge < -0.3 is 92.5 Å². The Hall–Kier alpha value is -11.3. The Morgan fingerprint density at radius 3 is 1.99 bits per heavy atom. The molecular weight excluding hydrogens is 1690 g/mol. The smallest absolute Gasteiger partial charge is 0.426 e. The Bertz CT molecular complexity index is 4320. The third kappa shape index (κ3) is 35.3. The van der Waals surface area contributed by atoms with Crippen LogP contribution in [0, 0.1) is 17.8 Å². The zero-order chi connectivity index (χ0) is 92.0. The van der Waals surface area contributed by atoms with Crippen molar-refractivity contribution >= 4 is 128 Å². The van der Waals surface area contributed by atoms with Crippen LogP contribution in [-0.2, 0) is 91.1 Å². The van der Waals surface area contributed by atoms with Gasteiger partial charge in [-0.15, -0.1) is 11.3 Å². The van der Waals surface area contributed by atoms with Gasteiger partial charge in [-0.05, 0) is 125 Å². The lowest BCUT2D eigenvalue weighted by molar-refractivity contribution is -0.160. The number of likely N-dealkylation sites (N-methyl/N-ethyl adjacent to an activating group) is 1. The van der Waals surface area contributed by atoms with Gasteiger partial charge in [0.1, 0.15) is 53.3 Å². The van der Waals surface area contributed by atoms with Crippen LogP contribution in [-0.4, -0.2) is 234 Å². The van der Waals surface area contributed by atoms with E-state index in [2.05, 4.69) is 58.7 Å². The third-order valence-corrected chi connectivity index (χ3v) is 24.6. The van der Waals surface area contributed by atoms with Gasteiger partial charge in [0.15, 0.2) is 12.8 Å². The number of carboxylic acids is 4. The summed E-state index contributed by atoms with van der Waals surface area (Å²) in [4.78, 5) is 217. The van der Waals surface area contributed by atoms with Gasteiger partial charge in [0.2, 0.25) is 35.4 Å². The Morgan fingerprint density at radius 2 is 1.36 bits per heavy atom. The predicted molar refractivity (Wildman–Crippen MR) is 461 cm³/mol. The molecule has 6 rings (SSSR count). The number of amides is 12. The average Bonchev–Trinajstić information content (AvgIpc) is 1.57. The molecule has 12 amide bonds. The zero-order valence-corrected chi connectivity index (χ0v) is 74.1. The molecular formula is C84H118N14O24S3. The van der Waals surface area contributed by atoms with Crippen LogP contribution in [0.5, 0.6) is 5.75 Å². The van der Waals surface area contributed by atoms with E-state index in [0.29, 0.717) is 48.8 Å². The summed E-state index contributed by atoms with van der Waals surface area (Å²) in [5, 5.41) is 73.1. The maximum Gasteiger partial charge on any atom is 0.426 e. The van der Waals surface area contributed by atoms with Crippen molar-refractivity contribution in [2.45, 2.75) is 237 Å². The van der Waals surface area contributed by atoms with Crippen LogP contribution in [0.1, 0.15) is 201 Å². The molecule has 2 unspecified atom stereocenters. The van der Waals surface area contributed by atoms with Crippen molar-refractivity contribution in [2.24, 2.45) is 17.8 Å². The van der Waals surface area contributed by atoms with Crippen molar-refractivity contribution in [3.8, 4) is 5.75 Å². The summed E-state index contributed by atoms with van der Waals surface area (Å²) >= 11 is 1.04. The number of piperidine rings is 1. The van der Waals surface area contributed by atoms with Crippen molar-refractivity contribution in [2.75, 3.05) is 45.0 Å².